The van der Waals surface area contributed by atoms with Crippen LogP contribution in [0, 0.1) is 0 Å². The summed E-state index contributed by atoms with van der Waals surface area (Å²) in [5.74, 6) is -0.389. The van der Waals surface area contributed by atoms with Gasteiger partial charge in [0.15, 0.2) is 0 Å². The Kier molecular flexibility index (Phi) is 4.76. The first-order valence-corrected chi connectivity index (χ1v) is 6.37. The Morgan fingerprint density at radius 3 is 2.58 bits per heavy atom. The number of methoxy groups -OCH3 is 1. The van der Waals surface area contributed by atoms with E-state index in [2.05, 4.69) is 4.90 Å². The van der Waals surface area contributed by atoms with Crippen LogP contribution < -0.4 is 0 Å². The van der Waals surface area contributed by atoms with Gasteiger partial charge in [-0.05, 0) is 17.7 Å². The lowest BCUT2D eigenvalue weighted by atomic mass is 9.98. The first kappa shape index (κ1) is 13.8. The Hall–Kier alpha value is -1.59. The van der Waals surface area contributed by atoms with Crippen molar-refractivity contribution in [3.63, 3.8) is 0 Å². The zero-order chi connectivity index (χ0) is 13.7. The van der Waals surface area contributed by atoms with Crippen molar-refractivity contribution in [2.75, 3.05) is 40.0 Å². The summed E-state index contributed by atoms with van der Waals surface area (Å²) in [6.45, 7) is 3.66. The van der Waals surface area contributed by atoms with E-state index in [0.717, 1.165) is 18.7 Å². The van der Waals surface area contributed by atoms with Gasteiger partial charge in [-0.2, -0.15) is 0 Å². The van der Waals surface area contributed by atoms with E-state index in [1.54, 1.807) is 24.3 Å². The molecular formula is C14H19NO4. The number of phenolic OH excluding ortho intramolecular Hbond substituents is 1. The minimum absolute atomic E-state index is 0.193. The first-order valence-electron chi connectivity index (χ1n) is 6.37. The summed E-state index contributed by atoms with van der Waals surface area (Å²) in [7, 11) is 1.40. The Bertz CT molecular complexity index is 412. The summed E-state index contributed by atoms with van der Waals surface area (Å²) in [4.78, 5) is 14.1. The number of benzene rings is 1. The number of hydrogen-bond acceptors (Lipinski definition) is 5. The number of rotatable bonds is 4. The highest BCUT2D eigenvalue weighted by Crippen LogP contribution is 2.21. The van der Waals surface area contributed by atoms with Gasteiger partial charge in [0.25, 0.3) is 0 Å². The molecule has 1 unspecified atom stereocenters. The fraction of sp³-hybridized carbons (Fsp3) is 0.500. The monoisotopic (exact) mass is 265 g/mol. The highest BCUT2D eigenvalue weighted by Gasteiger charge is 2.25. The van der Waals surface area contributed by atoms with E-state index in [-0.39, 0.29) is 17.6 Å². The Morgan fingerprint density at radius 2 is 2.00 bits per heavy atom. The molecule has 1 aliphatic heterocycles. The van der Waals surface area contributed by atoms with Gasteiger partial charge >= 0.3 is 5.97 Å². The van der Waals surface area contributed by atoms with Crippen LogP contribution in [0.4, 0.5) is 0 Å². The Morgan fingerprint density at radius 1 is 1.37 bits per heavy atom. The van der Waals surface area contributed by atoms with E-state index in [1.807, 2.05) is 0 Å². The lowest BCUT2D eigenvalue weighted by molar-refractivity contribution is -0.143. The molecule has 0 saturated carbocycles. The number of morpholine rings is 1. The van der Waals surface area contributed by atoms with Gasteiger partial charge in [-0.1, -0.05) is 12.1 Å². The van der Waals surface area contributed by atoms with Crippen molar-refractivity contribution in [2.24, 2.45) is 0 Å². The predicted molar refractivity (Wildman–Crippen MR) is 70.1 cm³/mol. The predicted octanol–water partition coefficient (Wildman–Crippen LogP) is 0.981. The van der Waals surface area contributed by atoms with E-state index in [0.29, 0.717) is 19.8 Å². The van der Waals surface area contributed by atoms with Gasteiger partial charge in [0.05, 0.1) is 26.2 Å². The molecule has 104 valence electrons. The average Bonchev–Trinajstić information content (AvgIpc) is 2.46. The summed E-state index contributed by atoms with van der Waals surface area (Å²) in [6.07, 6.45) is 0. The second kappa shape index (κ2) is 6.54. The van der Waals surface area contributed by atoms with Crippen LogP contribution in [-0.2, 0) is 14.3 Å². The van der Waals surface area contributed by atoms with Crippen LogP contribution in [0.1, 0.15) is 11.5 Å². The molecule has 1 aliphatic rings. The van der Waals surface area contributed by atoms with Crippen LogP contribution in [0.5, 0.6) is 5.75 Å². The third-order valence-electron chi connectivity index (χ3n) is 3.33. The molecule has 19 heavy (non-hydrogen) atoms. The minimum atomic E-state index is -0.330. The summed E-state index contributed by atoms with van der Waals surface area (Å²) < 4.78 is 10.2. The van der Waals surface area contributed by atoms with Gasteiger partial charge in [0.1, 0.15) is 5.75 Å². The van der Waals surface area contributed by atoms with Crippen molar-refractivity contribution in [1.29, 1.82) is 0 Å². The normalized spacial score (nSPS) is 17.9. The van der Waals surface area contributed by atoms with E-state index in [9.17, 15) is 9.90 Å². The molecule has 1 atom stereocenters. The maximum atomic E-state index is 11.9. The SMILES string of the molecule is COC(=O)C(CN1CCOCC1)c1ccc(O)cc1. The van der Waals surface area contributed by atoms with Gasteiger partial charge in [0, 0.05) is 19.6 Å². The van der Waals surface area contributed by atoms with Gasteiger partial charge in [-0.3, -0.25) is 9.69 Å². The molecule has 0 amide bonds. The molecule has 0 aliphatic carbocycles. The van der Waals surface area contributed by atoms with E-state index < -0.39 is 0 Å². The number of hydrogen-bond donors (Lipinski definition) is 1. The zero-order valence-corrected chi connectivity index (χ0v) is 11.0. The summed E-state index contributed by atoms with van der Waals surface area (Å²) >= 11 is 0. The quantitative estimate of drug-likeness (QED) is 0.822. The molecule has 1 heterocycles. The highest BCUT2D eigenvalue weighted by molar-refractivity contribution is 5.78. The number of esters is 1. The van der Waals surface area contributed by atoms with E-state index in [1.165, 1.54) is 7.11 Å². The molecule has 1 fully saturated rings. The molecule has 0 radical (unpaired) electrons. The van der Waals surface area contributed by atoms with E-state index in [4.69, 9.17) is 9.47 Å². The molecule has 5 heteroatoms. The molecular weight excluding hydrogens is 246 g/mol. The standard InChI is InChI=1S/C14H19NO4/c1-18-14(17)13(10-15-6-8-19-9-7-15)11-2-4-12(16)5-3-11/h2-5,13,16H,6-10H2,1H3. The molecule has 5 nitrogen and oxygen atoms in total. The molecule has 0 spiro atoms. The summed E-state index contributed by atoms with van der Waals surface area (Å²) in [5.41, 5.74) is 0.858. The van der Waals surface area contributed by atoms with Crippen LogP contribution >= 0.6 is 0 Å². The van der Waals surface area contributed by atoms with Crippen LogP contribution in [-0.4, -0.2) is 55.9 Å². The minimum Gasteiger partial charge on any atom is -0.508 e. The number of ether oxygens (including phenoxy) is 2. The maximum absolute atomic E-state index is 11.9. The molecule has 1 aromatic rings. The van der Waals surface area contributed by atoms with Gasteiger partial charge in [-0.15, -0.1) is 0 Å². The first-order chi connectivity index (χ1) is 9.20. The van der Waals surface area contributed by atoms with Crippen molar-refractivity contribution in [1.82, 2.24) is 4.90 Å². The largest absolute Gasteiger partial charge is 0.508 e. The summed E-state index contributed by atoms with van der Waals surface area (Å²) in [5, 5.41) is 9.31. The van der Waals surface area contributed by atoms with Crippen LogP contribution in [0.2, 0.25) is 0 Å². The fourth-order valence-electron chi connectivity index (χ4n) is 2.21. The van der Waals surface area contributed by atoms with Crippen molar-refractivity contribution < 1.29 is 19.4 Å². The van der Waals surface area contributed by atoms with Crippen LogP contribution in [0.15, 0.2) is 24.3 Å². The Balaban J connectivity index is 2.10. The van der Waals surface area contributed by atoms with Crippen LogP contribution in [0.3, 0.4) is 0 Å². The number of carbonyl (C=O) groups excluding carboxylic acids is 1. The molecule has 1 N–H and O–H groups in total. The fourth-order valence-corrected chi connectivity index (χ4v) is 2.21. The van der Waals surface area contributed by atoms with Crippen molar-refractivity contribution in [3.05, 3.63) is 29.8 Å². The lowest BCUT2D eigenvalue weighted by Crippen LogP contribution is -2.40. The third-order valence-corrected chi connectivity index (χ3v) is 3.33. The van der Waals surface area contributed by atoms with Crippen molar-refractivity contribution in [2.45, 2.75) is 5.92 Å². The number of aromatic hydroxyl groups is 1. The van der Waals surface area contributed by atoms with Crippen molar-refractivity contribution in [3.8, 4) is 5.75 Å². The highest BCUT2D eigenvalue weighted by atomic mass is 16.5. The molecule has 0 aromatic heterocycles. The van der Waals surface area contributed by atoms with E-state index >= 15 is 0 Å². The second-order valence-corrected chi connectivity index (χ2v) is 4.58. The molecule has 1 saturated heterocycles. The third kappa shape index (κ3) is 3.68. The topological polar surface area (TPSA) is 59.0 Å². The smallest absolute Gasteiger partial charge is 0.314 e. The lowest BCUT2D eigenvalue weighted by Gasteiger charge is -2.29. The summed E-state index contributed by atoms with van der Waals surface area (Å²) in [6, 6.07) is 6.70. The number of phenols is 1. The second-order valence-electron chi connectivity index (χ2n) is 4.58. The van der Waals surface area contributed by atoms with Crippen molar-refractivity contribution >= 4 is 5.97 Å². The Labute approximate surface area is 112 Å². The van der Waals surface area contributed by atoms with Gasteiger partial charge in [0.2, 0.25) is 0 Å². The average molecular weight is 265 g/mol. The number of carbonyl (C=O) groups is 1. The molecule has 1 aromatic carbocycles. The zero-order valence-electron chi connectivity index (χ0n) is 11.0. The van der Waals surface area contributed by atoms with Gasteiger partial charge in [-0.25, -0.2) is 0 Å². The van der Waals surface area contributed by atoms with Gasteiger partial charge < -0.3 is 14.6 Å². The maximum Gasteiger partial charge on any atom is 0.314 e. The molecule has 2 rings (SSSR count). The van der Waals surface area contributed by atoms with Crippen LogP contribution in [0.25, 0.3) is 0 Å². The number of nitrogens with zero attached hydrogens (tertiary/aromatic N) is 1. The molecule has 0 bridgehead atoms.